The molecule has 32 heavy (non-hydrogen) atoms. The van der Waals surface area contributed by atoms with Gasteiger partial charge in [-0.3, -0.25) is 9.78 Å². The van der Waals surface area contributed by atoms with Crippen LogP contribution in [0.3, 0.4) is 0 Å². The van der Waals surface area contributed by atoms with Gasteiger partial charge in [0, 0.05) is 48.3 Å². The lowest BCUT2D eigenvalue weighted by molar-refractivity contribution is -0.120. The number of anilines is 1. The molecule has 0 saturated carbocycles. The van der Waals surface area contributed by atoms with Gasteiger partial charge in [0.05, 0.1) is 26.7 Å². The molecule has 0 radical (unpaired) electrons. The Bertz CT molecular complexity index is 1060. The molecular formula is C26H29N3O3. The van der Waals surface area contributed by atoms with Gasteiger partial charge < -0.3 is 19.7 Å². The molecule has 1 N–H and O–H groups in total. The Kier molecular flexibility index (Phi) is 7.02. The van der Waals surface area contributed by atoms with E-state index in [4.69, 9.17) is 9.47 Å². The van der Waals surface area contributed by atoms with E-state index in [0.717, 1.165) is 54.4 Å². The first-order valence-electron chi connectivity index (χ1n) is 10.9. The van der Waals surface area contributed by atoms with E-state index in [9.17, 15) is 4.79 Å². The third-order valence-electron chi connectivity index (χ3n) is 5.73. The van der Waals surface area contributed by atoms with Crippen LogP contribution in [0.15, 0.2) is 60.8 Å². The second-order valence-corrected chi connectivity index (χ2v) is 7.90. The Balaban J connectivity index is 1.37. The molecule has 1 aromatic heterocycles. The molecule has 0 unspecified atom stereocenters. The Labute approximate surface area is 189 Å². The third kappa shape index (κ3) is 5.26. The lowest BCUT2D eigenvalue weighted by Gasteiger charge is -2.29. The van der Waals surface area contributed by atoms with Gasteiger partial charge in [-0.1, -0.05) is 30.3 Å². The van der Waals surface area contributed by atoms with Crippen molar-refractivity contribution in [3.63, 3.8) is 0 Å². The fourth-order valence-corrected chi connectivity index (χ4v) is 3.95. The molecule has 1 aliphatic heterocycles. The summed E-state index contributed by atoms with van der Waals surface area (Å²) in [6, 6.07) is 18.2. The molecule has 166 valence electrons. The Morgan fingerprint density at radius 1 is 1.12 bits per heavy atom. The molecular weight excluding hydrogens is 402 g/mol. The van der Waals surface area contributed by atoms with E-state index < -0.39 is 0 Å². The number of carbonyl (C=O) groups excluding carboxylic acids is 1. The smallest absolute Gasteiger partial charge is 0.226 e. The van der Waals surface area contributed by atoms with Crippen LogP contribution in [0, 0.1) is 6.92 Å². The molecule has 3 aromatic rings. The normalized spacial score (nSPS) is 13.6. The molecule has 0 atom stereocenters. The maximum absolute atomic E-state index is 12.4. The van der Waals surface area contributed by atoms with E-state index in [1.807, 2.05) is 42.6 Å². The van der Waals surface area contributed by atoms with Crippen molar-refractivity contribution in [2.24, 2.45) is 0 Å². The molecule has 1 aliphatic rings. The van der Waals surface area contributed by atoms with Crippen molar-refractivity contribution in [2.45, 2.75) is 19.9 Å². The highest BCUT2D eigenvalue weighted by molar-refractivity contribution is 5.78. The third-order valence-corrected chi connectivity index (χ3v) is 5.73. The predicted octanol–water partition coefficient (Wildman–Crippen LogP) is 3.76. The van der Waals surface area contributed by atoms with Crippen molar-refractivity contribution in [1.82, 2.24) is 10.3 Å². The van der Waals surface area contributed by atoms with Crippen molar-refractivity contribution in [2.75, 3.05) is 38.3 Å². The Morgan fingerprint density at radius 2 is 1.94 bits per heavy atom. The van der Waals surface area contributed by atoms with Crippen molar-refractivity contribution in [3.8, 4) is 16.9 Å². The number of aromatic nitrogens is 1. The van der Waals surface area contributed by atoms with Gasteiger partial charge in [0.1, 0.15) is 5.75 Å². The monoisotopic (exact) mass is 431 g/mol. The predicted molar refractivity (Wildman–Crippen MR) is 126 cm³/mol. The molecule has 6 heteroatoms. The molecule has 0 aliphatic carbocycles. The van der Waals surface area contributed by atoms with Crippen LogP contribution in [0.4, 0.5) is 5.69 Å². The summed E-state index contributed by atoms with van der Waals surface area (Å²) >= 11 is 0. The SMILES string of the molecule is COc1ccccc1CNC(=O)Cc1ccc(-c2ccc(N3CCOCC3)cc2C)cn1. The van der Waals surface area contributed by atoms with Crippen molar-refractivity contribution >= 4 is 11.6 Å². The summed E-state index contributed by atoms with van der Waals surface area (Å²) in [7, 11) is 1.63. The Hall–Kier alpha value is -3.38. The second-order valence-electron chi connectivity index (χ2n) is 7.90. The quantitative estimate of drug-likeness (QED) is 0.617. The van der Waals surface area contributed by atoms with Gasteiger partial charge in [-0.2, -0.15) is 0 Å². The van der Waals surface area contributed by atoms with Crippen LogP contribution < -0.4 is 15.0 Å². The van der Waals surface area contributed by atoms with Crippen molar-refractivity contribution < 1.29 is 14.3 Å². The number of para-hydroxylation sites is 1. The first kappa shape index (κ1) is 21.8. The van der Waals surface area contributed by atoms with E-state index in [1.165, 1.54) is 11.3 Å². The van der Waals surface area contributed by atoms with Crippen LogP contribution in [-0.4, -0.2) is 44.3 Å². The van der Waals surface area contributed by atoms with Gasteiger partial charge in [-0.15, -0.1) is 0 Å². The number of morpholine rings is 1. The maximum Gasteiger partial charge on any atom is 0.226 e. The summed E-state index contributed by atoms with van der Waals surface area (Å²) in [6.07, 6.45) is 2.09. The van der Waals surface area contributed by atoms with Gasteiger partial charge >= 0.3 is 0 Å². The van der Waals surface area contributed by atoms with E-state index in [0.29, 0.717) is 6.54 Å². The zero-order valence-electron chi connectivity index (χ0n) is 18.6. The number of pyridine rings is 1. The standard InChI is InChI=1S/C26H29N3O3/c1-19-15-23(29-11-13-32-14-12-29)9-10-24(19)20-7-8-22(27-17-20)16-26(30)28-18-21-5-3-4-6-25(21)31-2/h3-10,15,17H,11-14,16,18H2,1-2H3,(H,28,30). The average molecular weight is 432 g/mol. The minimum absolute atomic E-state index is 0.0674. The van der Waals surface area contributed by atoms with Gasteiger partial charge in [-0.25, -0.2) is 0 Å². The average Bonchev–Trinajstić information content (AvgIpc) is 2.84. The number of hydrogen-bond donors (Lipinski definition) is 1. The summed E-state index contributed by atoms with van der Waals surface area (Å²) in [5.74, 6) is 0.701. The number of nitrogens with one attached hydrogen (secondary N) is 1. The summed E-state index contributed by atoms with van der Waals surface area (Å²) in [5, 5.41) is 2.94. The van der Waals surface area contributed by atoms with Crippen LogP contribution in [0.5, 0.6) is 5.75 Å². The zero-order valence-corrected chi connectivity index (χ0v) is 18.6. The number of benzene rings is 2. The lowest BCUT2D eigenvalue weighted by atomic mass is 10.0. The summed E-state index contributed by atoms with van der Waals surface area (Å²) in [6.45, 7) is 5.95. The number of hydrogen-bond acceptors (Lipinski definition) is 5. The molecule has 2 aromatic carbocycles. The fourth-order valence-electron chi connectivity index (χ4n) is 3.95. The van der Waals surface area contributed by atoms with Crippen LogP contribution >= 0.6 is 0 Å². The summed E-state index contributed by atoms with van der Waals surface area (Å²) in [5.41, 5.74) is 6.33. The first-order valence-corrected chi connectivity index (χ1v) is 10.9. The number of aryl methyl sites for hydroxylation is 1. The topological polar surface area (TPSA) is 63.7 Å². The van der Waals surface area contributed by atoms with Crippen LogP contribution in [-0.2, 0) is 22.5 Å². The molecule has 0 bridgehead atoms. The van der Waals surface area contributed by atoms with Crippen LogP contribution in [0.25, 0.3) is 11.1 Å². The molecule has 1 fully saturated rings. The van der Waals surface area contributed by atoms with Gasteiger partial charge in [-0.05, 0) is 42.3 Å². The Morgan fingerprint density at radius 3 is 2.66 bits per heavy atom. The number of rotatable bonds is 7. The number of nitrogens with zero attached hydrogens (tertiary/aromatic N) is 2. The molecule has 0 spiro atoms. The maximum atomic E-state index is 12.4. The first-order chi connectivity index (χ1) is 15.6. The van der Waals surface area contributed by atoms with Gasteiger partial charge in [0.25, 0.3) is 0 Å². The summed E-state index contributed by atoms with van der Waals surface area (Å²) in [4.78, 5) is 19.3. The number of amides is 1. The van der Waals surface area contributed by atoms with E-state index >= 15 is 0 Å². The zero-order chi connectivity index (χ0) is 22.3. The summed E-state index contributed by atoms with van der Waals surface area (Å²) < 4.78 is 10.8. The van der Waals surface area contributed by atoms with Crippen molar-refractivity contribution in [3.05, 3.63) is 77.6 Å². The highest BCUT2D eigenvalue weighted by Crippen LogP contribution is 2.27. The van der Waals surface area contributed by atoms with E-state index in [1.54, 1.807) is 7.11 Å². The lowest BCUT2D eigenvalue weighted by Crippen LogP contribution is -2.36. The number of ether oxygens (including phenoxy) is 2. The van der Waals surface area contributed by atoms with Crippen molar-refractivity contribution in [1.29, 1.82) is 0 Å². The second kappa shape index (κ2) is 10.3. The molecule has 2 heterocycles. The molecule has 1 saturated heterocycles. The van der Waals surface area contributed by atoms with E-state index in [-0.39, 0.29) is 12.3 Å². The highest BCUT2D eigenvalue weighted by atomic mass is 16.5. The molecule has 4 rings (SSSR count). The number of carbonyl (C=O) groups is 1. The largest absolute Gasteiger partial charge is 0.496 e. The highest BCUT2D eigenvalue weighted by Gasteiger charge is 2.13. The minimum Gasteiger partial charge on any atom is -0.496 e. The fraction of sp³-hybridized carbons (Fsp3) is 0.308. The number of methoxy groups -OCH3 is 1. The van der Waals surface area contributed by atoms with Crippen LogP contribution in [0.2, 0.25) is 0 Å². The molecule has 6 nitrogen and oxygen atoms in total. The van der Waals surface area contributed by atoms with Gasteiger partial charge in [0.2, 0.25) is 5.91 Å². The van der Waals surface area contributed by atoms with Crippen LogP contribution in [0.1, 0.15) is 16.8 Å². The van der Waals surface area contributed by atoms with E-state index in [2.05, 4.69) is 40.3 Å². The molecule has 1 amide bonds. The minimum atomic E-state index is -0.0674. The van der Waals surface area contributed by atoms with Gasteiger partial charge in [0.15, 0.2) is 0 Å².